The summed E-state index contributed by atoms with van der Waals surface area (Å²) < 4.78 is 15.8. The Bertz CT molecular complexity index is 1050. The second-order valence-corrected chi connectivity index (χ2v) is 6.17. The number of carbonyl (C=O) groups is 2. The minimum absolute atomic E-state index is 0.213. The summed E-state index contributed by atoms with van der Waals surface area (Å²) in [6.45, 7) is 3.25. The zero-order chi connectivity index (χ0) is 19.4. The van der Waals surface area contributed by atoms with E-state index in [0.29, 0.717) is 16.9 Å². The van der Waals surface area contributed by atoms with Gasteiger partial charge in [0.2, 0.25) is 0 Å². The molecule has 0 radical (unpaired) electrons. The van der Waals surface area contributed by atoms with Gasteiger partial charge in [0.1, 0.15) is 24.5 Å². The van der Waals surface area contributed by atoms with Gasteiger partial charge in [0, 0.05) is 17.5 Å². The van der Waals surface area contributed by atoms with E-state index in [4.69, 9.17) is 13.9 Å². The zero-order valence-corrected chi connectivity index (χ0v) is 15.0. The van der Waals surface area contributed by atoms with Gasteiger partial charge in [-0.25, -0.2) is 9.59 Å². The maximum atomic E-state index is 11.8. The zero-order valence-electron chi connectivity index (χ0n) is 15.0. The largest absolute Gasteiger partial charge is 0.489 e. The minimum Gasteiger partial charge on any atom is -0.489 e. The van der Waals surface area contributed by atoms with E-state index in [-0.39, 0.29) is 19.0 Å². The van der Waals surface area contributed by atoms with Gasteiger partial charge in [-0.1, -0.05) is 12.1 Å². The normalized spacial score (nSPS) is 10.6. The number of ketones is 1. The lowest BCUT2D eigenvalue weighted by molar-refractivity contribution is -0.120. The number of Topliss-reactive ketones (excluding diaryl/α,β-unsaturated/α-hetero) is 1. The van der Waals surface area contributed by atoms with Crippen LogP contribution in [0.5, 0.6) is 5.75 Å². The Morgan fingerprint density at radius 3 is 2.48 bits per heavy atom. The van der Waals surface area contributed by atoms with Crippen LogP contribution in [0.2, 0.25) is 0 Å². The molecule has 3 rings (SSSR count). The summed E-state index contributed by atoms with van der Waals surface area (Å²) in [5.41, 5.74) is 2.14. The number of ether oxygens (including phenoxy) is 2. The van der Waals surface area contributed by atoms with Crippen LogP contribution in [0.4, 0.5) is 0 Å². The first kappa shape index (κ1) is 18.4. The van der Waals surface area contributed by atoms with Crippen LogP contribution in [0, 0.1) is 6.92 Å². The van der Waals surface area contributed by atoms with Gasteiger partial charge in [0.25, 0.3) is 0 Å². The van der Waals surface area contributed by atoms with Gasteiger partial charge in [-0.15, -0.1) is 0 Å². The summed E-state index contributed by atoms with van der Waals surface area (Å²) in [6.07, 6.45) is 0. The van der Waals surface area contributed by atoms with E-state index in [9.17, 15) is 14.4 Å². The fourth-order valence-corrected chi connectivity index (χ4v) is 2.55. The lowest BCUT2D eigenvalue weighted by Crippen LogP contribution is -2.11. The van der Waals surface area contributed by atoms with Gasteiger partial charge >= 0.3 is 11.6 Å². The summed E-state index contributed by atoms with van der Waals surface area (Å²) in [5.74, 6) is -0.187. The third-order valence-electron chi connectivity index (χ3n) is 3.92. The molecule has 0 aliphatic rings. The first-order chi connectivity index (χ1) is 12.9. The molecule has 2 aromatic carbocycles. The van der Waals surface area contributed by atoms with Gasteiger partial charge in [-0.2, -0.15) is 0 Å². The van der Waals surface area contributed by atoms with Crippen LogP contribution in [0.15, 0.2) is 57.7 Å². The van der Waals surface area contributed by atoms with Gasteiger partial charge in [0.05, 0.1) is 5.56 Å². The third-order valence-corrected chi connectivity index (χ3v) is 3.92. The van der Waals surface area contributed by atoms with Crippen molar-refractivity contribution in [2.45, 2.75) is 20.5 Å². The maximum absolute atomic E-state index is 11.8. The summed E-state index contributed by atoms with van der Waals surface area (Å²) in [7, 11) is 0. The van der Waals surface area contributed by atoms with Crippen molar-refractivity contribution in [2.75, 3.05) is 6.61 Å². The topological polar surface area (TPSA) is 82.8 Å². The minimum atomic E-state index is -0.544. The Morgan fingerprint density at radius 1 is 1.04 bits per heavy atom. The van der Waals surface area contributed by atoms with Gasteiger partial charge in [-0.3, -0.25) is 4.79 Å². The molecule has 0 spiro atoms. The van der Waals surface area contributed by atoms with Crippen LogP contribution in [0.25, 0.3) is 11.0 Å². The second kappa shape index (κ2) is 7.86. The summed E-state index contributed by atoms with van der Waals surface area (Å²) in [5, 5.41) is 0.857. The molecule has 1 heterocycles. The number of fused-ring (bicyclic) bond motifs is 1. The molecule has 6 nitrogen and oxygen atoms in total. The van der Waals surface area contributed by atoms with E-state index < -0.39 is 11.6 Å². The molecular weight excluding hydrogens is 348 g/mol. The van der Waals surface area contributed by atoms with Crippen molar-refractivity contribution >= 4 is 22.7 Å². The summed E-state index contributed by atoms with van der Waals surface area (Å²) in [6, 6.07) is 13.5. The van der Waals surface area contributed by atoms with Crippen LogP contribution in [0.3, 0.4) is 0 Å². The van der Waals surface area contributed by atoms with Crippen molar-refractivity contribution in [3.8, 4) is 5.75 Å². The SMILES string of the molecule is CC(=O)COC(=O)c1ccc(COc2ccc3c(C)cc(=O)oc3c2)cc1. The molecule has 27 heavy (non-hydrogen) atoms. The molecule has 6 heteroatoms. The van der Waals surface area contributed by atoms with Crippen molar-refractivity contribution in [1.29, 1.82) is 0 Å². The van der Waals surface area contributed by atoms with E-state index in [1.807, 2.05) is 19.1 Å². The Kier molecular flexibility index (Phi) is 5.35. The maximum Gasteiger partial charge on any atom is 0.338 e. The fraction of sp³-hybridized carbons (Fsp3) is 0.190. The van der Waals surface area contributed by atoms with E-state index in [2.05, 4.69) is 0 Å². The highest BCUT2D eigenvalue weighted by Gasteiger charge is 2.09. The first-order valence-corrected chi connectivity index (χ1v) is 8.35. The standard InChI is InChI=1S/C21H18O6/c1-13-9-20(23)27-19-10-17(7-8-18(13)19)25-12-15-3-5-16(6-4-15)21(24)26-11-14(2)22/h3-10H,11-12H2,1-2H3. The smallest absolute Gasteiger partial charge is 0.338 e. The van der Waals surface area contributed by atoms with E-state index in [1.54, 1.807) is 30.3 Å². The van der Waals surface area contributed by atoms with Gasteiger partial charge in [-0.05, 0) is 49.2 Å². The molecule has 0 aliphatic heterocycles. The molecule has 0 aliphatic carbocycles. The van der Waals surface area contributed by atoms with Crippen molar-refractivity contribution in [3.63, 3.8) is 0 Å². The van der Waals surface area contributed by atoms with Crippen LogP contribution in [0.1, 0.15) is 28.4 Å². The van der Waals surface area contributed by atoms with Crippen LogP contribution in [-0.4, -0.2) is 18.4 Å². The molecule has 138 valence electrons. The van der Waals surface area contributed by atoms with E-state index >= 15 is 0 Å². The quantitative estimate of drug-likeness (QED) is 0.491. The monoisotopic (exact) mass is 366 g/mol. The number of hydrogen-bond donors (Lipinski definition) is 0. The number of rotatable bonds is 6. The number of hydrogen-bond acceptors (Lipinski definition) is 6. The Hall–Kier alpha value is -3.41. The average molecular weight is 366 g/mol. The number of aryl methyl sites for hydroxylation is 1. The average Bonchev–Trinajstić information content (AvgIpc) is 2.64. The van der Waals surface area contributed by atoms with E-state index in [1.165, 1.54) is 13.0 Å². The van der Waals surface area contributed by atoms with Crippen molar-refractivity contribution in [2.24, 2.45) is 0 Å². The van der Waals surface area contributed by atoms with E-state index in [0.717, 1.165) is 16.5 Å². The van der Waals surface area contributed by atoms with Crippen LogP contribution >= 0.6 is 0 Å². The highest BCUT2D eigenvalue weighted by Crippen LogP contribution is 2.23. The van der Waals surface area contributed by atoms with Crippen molar-refractivity contribution < 1.29 is 23.5 Å². The molecule has 0 saturated heterocycles. The molecule has 0 saturated carbocycles. The highest BCUT2D eigenvalue weighted by atomic mass is 16.5. The predicted octanol–water partition coefficient (Wildman–Crippen LogP) is 3.43. The summed E-state index contributed by atoms with van der Waals surface area (Å²) in [4.78, 5) is 34.1. The van der Waals surface area contributed by atoms with Crippen LogP contribution in [-0.2, 0) is 16.1 Å². The third kappa shape index (κ3) is 4.61. The lowest BCUT2D eigenvalue weighted by atomic mass is 10.1. The number of esters is 1. The van der Waals surface area contributed by atoms with Crippen molar-refractivity contribution in [1.82, 2.24) is 0 Å². The molecule has 0 bridgehead atoms. The molecule has 1 aromatic heterocycles. The molecule has 0 atom stereocenters. The molecule has 0 fully saturated rings. The lowest BCUT2D eigenvalue weighted by Gasteiger charge is -2.08. The van der Waals surface area contributed by atoms with Gasteiger partial charge < -0.3 is 13.9 Å². The van der Waals surface area contributed by atoms with Crippen LogP contribution < -0.4 is 10.4 Å². The first-order valence-electron chi connectivity index (χ1n) is 8.35. The van der Waals surface area contributed by atoms with Gasteiger partial charge in [0.15, 0.2) is 5.78 Å². The Labute approximate surface area is 155 Å². The molecular formula is C21H18O6. The fourth-order valence-electron chi connectivity index (χ4n) is 2.55. The van der Waals surface area contributed by atoms with Crippen molar-refractivity contribution in [3.05, 3.63) is 75.6 Å². The molecule has 0 unspecified atom stereocenters. The molecule has 3 aromatic rings. The number of carbonyl (C=O) groups excluding carboxylic acids is 2. The summed E-state index contributed by atoms with van der Waals surface area (Å²) >= 11 is 0. The predicted molar refractivity (Wildman–Crippen MR) is 99.0 cm³/mol. The molecule has 0 amide bonds. The highest BCUT2D eigenvalue weighted by molar-refractivity contribution is 5.91. The Morgan fingerprint density at radius 2 is 1.78 bits per heavy atom. The Balaban J connectivity index is 1.66. The molecule has 0 N–H and O–H groups in total. The number of benzene rings is 2. The second-order valence-electron chi connectivity index (χ2n) is 6.17.